The standard InChI is InChI=1S/C12H9N3O/c13-7-9-1-3-10(4-2-9)11-8-14-15-5-6-16-12(11)15/h1-4,8H,5-6H2. The molecule has 0 bridgehead atoms. The molecule has 4 heteroatoms. The third-order valence-electron chi connectivity index (χ3n) is 2.66. The predicted octanol–water partition coefficient (Wildman–Crippen LogP) is 1.81. The topological polar surface area (TPSA) is 50.8 Å². The molecule has 1 aliphatic heterocycles. The molecule has 0 aliphatic carbocycles. The van der Waals surface area contributed by atoms with Gasteiger partial charge < -0.3 is 4.74 Å². The predicted molar refractivity (Wildman–Crippen MR) is 57.9 cm³/mol. The highest BCUT2D eigenvalue weighted by Crippen LogP contribution is 2.32. The Morgan fingerprint density at radius 1 is 1.31 bits per heavy atom. The van der Waals surface area contributed by atoms with Crippen molar-refractivity contribution in [2.45, 2.75) is 6.54 Å². The van der Waals surface area contributed by atoms with E-state index in [0.717, 1.165) is 23.6 Å². The lowest BCUT2D eigenvalue weighted by atomic mass is 10.1. The van der Waals surface area contributed by atoms with Crippen molar-refractivity contribution in [3.63, 3.8) is 0 Å². The fourth-order valence-corrected chi connectivity index (χ4v) is 1.84. The molecular formula is C12H9N3O. The van der Waals surface area contributed by atoms with Crippen LogP contribution in [0.25, 0.3) is 11.1 Å². The minimum absolute atomic E-state index is 0.661. The van der Waals surface area contributed by atoms with Gasteiger partial charge in [0.2, 0.25) is 5.88 Å². The molecule has 1 aromatic heterocycles. The van der Waals surface area contributed by atoms with Gasteiger partial charge in [-0.05, 0) is 17.7 Å². The van der Waals surface area contributed by atoms with E-state index in [1.165, 1.54) is 0 Å². The van der Waals surface area contributed by atoms with Crippen LogP contribution in [0.4, 0.5) is 0 Å². The lowest BCUT2D eigenvalue weighted by Gasteiger charge is -2.00. The highest BCUT2D eigenvalue weighted by Gasteiger charge is 2.18. The maximum atomic E-state index is 8.72. The number of nitrogens with zero attached hydrogens (tertiary/aromatic N) is 3. The molecular weight excluding hydrogens is 202 g/mol. The molecule has 1 aromatic carbocycles. The summed E-state index contributed by atoms with van der Waals surface area (Å²) >= 11 is 0. The van der Waals surface area contributed by atoms with E-state index in [1.807, 2.05) is 16.8 Å². The van der Waals surface area contributed by atoms with Crippen molar-refractivity contribution >= 4 is 0 Å². The summed E-state index contributed by atoms with van der Waals surface area (Å²) in [4.78, 5) is 0. The highest BCUT2D eigenvalue weighted by molar-refractivity contribution is 5.69. The Bertz CT molecular complexity index is 563. The first-order valence-corrected chi connectivity index (χ1v) is 5.07. The molecule has 0 saturated carbocycles. The third-order valence-corrected chi connectivity index (χ3v) is 2.66. The molecule has 0 spiro atoms. The maximum Gasteiger partial charge on any atom is 0.220 e. The minimum Gasteiger partial charge on any atom is -0.475 e. The molecule has 78 valence electrons. The van der Waals surface area contributed by atoms with Crippen LogP contribution in [0.3, 0.4) is 0 Å². The van der Waals surface area contributed by atoms with Crippen LogP contribution in [0, 0.1) is 11.3 Å². The SMILES string of the molecule is N#Cc1ccc(-c2cnn3c2OCC3)cc1. The van der Waals surface area contributed by atoms with E-state index in [0.29, 0.717) is 12.2 Å². The zero-order valence-corrected chi connectivity index (χ0v) is 8.55. The molecule has 0 amide bonds. The first-order valence-electron chi connectivity index (χ1n) is 5.07. The molecule has 2 aromatic rings. The fraction of sp³-hybridized carbons (Fsp3) is 0.167. The number of hydrogen-bond acceptors (Lipinski definition) is 3. The van der Waals surface area contributed by atoms with Crippen LogP contribution >= 0.6 is 0 Å². The second-order valence-corrected chi connectivity index (χ2v) is 3.62. The molecule has 3 rings (SSSR count). The number of nitriles is 1. The summed E-state index contributed by atoms with van der Waals surface area (Å²) < 4.78 is 7.37. The van der Waals surface area contributed by atoms with Gasteiger partial charge in [-0.25, -0.2) is 4.68 Å². The summed E-state index contributed by atoms with van der Waals surface area (Å²) in [5.74, 6) is 0.824. The maximum absolute atomic E-state index is 8.72. The first kappa shape index (κ1) is 8.98. The molecule has 0 atom stereocenters. The van der Waals surface area contributed by atoms with Crippen molar-refractivity contribution in [2.24, 2.45) is 0 Å². The van der Waals surface area contributed by atoms with Gasteiger partial charge in [0, 0.05) is 0 Å². The van der Waals surface area contributed by atoms with Crippen LogP contribution in [-0.2, 0) is 6.54 Å². The minimum atomic E-state index is 0.661. The molecule has 1 aliphatic rings. The van der Waals surface area contributed by atoms with E-state index in [9.17, 15) is 0 Å². The van der Waals surface area contributed by atoms with Gasteiger partial charge in [0.15, 0.2) is 0 Å². The van der Waals surface area contributed by atoms with E-state index in [4.69, 9.17) is 10.00 Å². The molecule has 0 fully saturated rings. The summed E-state index contributed by atoms with van der Waals surface area (Å²) in [6.07, 6.45) is 1.80. The lowest BCUT2D eigenvalue weighted by Crippen LogP contribution is -1.93. The largest absolute Gasteiger partial charge is 0.475 e. The van der Waals surface area contributed by atoms with E-state index in [-0.39, 0.29) is 0 Å². The van der Waals surface area contributed by atoms with E-state index >= 15 is 0 Å². The summed E-state index contributed by atoms with van der Waals surface area (Å²) in [7, 11) is 0. The molecule has 2 heterocycles. The van der Waals surface area contributed by atoms with Crippen LogP contribution in [0.5, 0.6) is 5.88 Å². The monoisotopic (exact) mass is 211 g/mol. The summed E-state index contributed by atoms with van der Waals surface area (Å²) in [5, 5.41) is 13.0. The summed E-state index contributed by atoms with van der Waals surface area (Å²) in [6.45, 7) is 1.50. The van der Waals surface area contributed by atoms with Gasteiger partial charge in [-0.1, -0.05) is 12.1 Å². The Morgan fingerprint density at radius 3 is 2.88 bits per heavy atom. The number of fused-ring (bicyclic) bond motifs is 1. The molecule has 16 heavy (non-hydrogen) atoms. The average molecular weight is 211 g/mol. The number of aromatic nitrogens is 2. The van der Waals surface area contributed by atoms with Crippen molar-refractivity contribution in [1.29, 1.82) is 5.26 Å². The highest BCUT2D eigenvalue weighted by atomic mass is 16.5. The smallest absolute Gasteiger partial charge is 0.220 e. The van der Waals surface area contributed by atoms with Gasteiger partial charge in [-0.15, -0.1) is 0 Å². The Labute approximate surface area is 92.7 Å². The Kier molecular flexibility index (Phi) is 1.90. The number of benzene rings is 1. The molecule has 0 saturated heterocycles. The van der Waals surface area contributed by atoms with Gasteiger partial charge >= 0.3 is 0 Å². The van der Waals surface area contributed by atoms with Crippen LogP contribution < -0.4 is 4.74 Å². The van der Waals surface area contributed by atoms with E-state index in [2.05, 4.69) is 11.2 Å². The Hall–Kier alpha value is -2.28. The average Bonchev–Trinajstić information content (AvgIpc) is 2.91. The van der Waals surface area contributed by atoms with Crippen molar-refractivity contribution in [1.82, 2.24) is 9.78 Å². The second kappa shape index (κ2) is 3.38. The molecule has 0 unspecified atom stereocenters. The Morgan fingerprint density at radius 2 is 2.12 bits per heavy atom. The second-order valence-electron chi connectivity index (χ2n) is 3.62. The molecule has 0 radical (unpaired) electrons. The molecule has 4 nitrogen and oxygen atoms in total. The van der Waals surface area contributed by atoms with E-state index in [1.54, 1.807) is 18.3 Å². The van der Waals surface area contributed by atoms with Crippen molar-refractivity contribution in [3.05, 3.63) is 36.0 Å². The van der Waals surface area contributed by atoms with Gasteiger partial charge in [0.1, 0.15) is 6.61 Å². The van der Waals surface area contributed by atoms with Crippen molar-refractivity contribution in [2.75, 3.05) is 6.61 Å². The quantitative estimate of drug-likeness (QED) is 0.722. The summed E-state index contributed by atoms with van der Waals surface area (Å²) in [5.41, 5.74) is 2.68. The Balaban J connectivity index is 2.06. The molecule has 0 N–H and O–H groups in total. The number of ether oxygens (including phenoxy) is 1. The van der Waals surface area contributed by atoms with Crippen LogP contribution in [0.2, 0.25) is 0 Å². The van der Waals surface area contributed by atoms with Gasteiger partial charge in [-0.3, -0.25) is 0 Å². The van der Waals surface area contributed by atoms with Crippen LogP contribution in [0.15, 0.2) is 30.5 Å². The lowest BCUT2D eigenvalue weighted by molar-refractivity contribution is 0.358. The number of hydrogen-bond donors (Lipinski definition) is 0. The van der Waals surface area contributed by atoms with E-state index < -0.39 is 0 Å². The van der Waals surface area contributed by atoms with Gasteiger partial charge in [-0.2, -0.15) is 10.4 Å². The third kappa shape index (κ3) is 1.26. The van der Waals surface area contributed by atoms with Crippen LogP contribution in [-0.4, -0.2) is 16.4 Å². The zero-order valence-electron chi connectivity index (χ0n) is 8.55. The summed E-state index contributed by atoms with van der Waals surface area (Å²) in [6, 6.07) is 9.53. The normalized spacial score (nSPS) is 12.9. The van der Waals surface area contributed by atoms with Gasteiger partial charge in [0.25, 0.3) is 0 Å². The first-order chi connectivity index (χ1) is 7.88. The van der Waals surface area contributed by atoms with Crippen molar-refractivity contribution < 1.29 is 4.74 Å². The zero-order chi connectivity index (χ0) is 11.0. The van der Waals surface area contributed by atoms with Gasteiger partial charge in [0.05, 0.1) is 29.9 Å². The fourth-order valence-electron chi connectivity index (χ4n) is 1.84. The van der Waals surface area contributed by atoms with Crippen LogP contribution in [0.1, 0.15) is 5.56 Å². The van der Waals surface area contributed by atoms with Crippen molar-refractivity contribution in [3.8, 4) is 23.1 Å². The number of rotatable bonds is 1.